The van der Waals surface area contributed by atoms with Crippen molar-refractivity contribution in [3.05, 3.63) is 29.8 Å². The Morgan fingerprint density at radius 3 is 2.85 bits per heavy atom. The van der Waals surface area contributed by atoms with Gasteiger partial charge in [0, 0.05) is 30.6 Å². The Morgan fingerprint density at radius 1 is 1.35 bits per heavy atom. The Morgan fingerprint density at radius 2 is 2.15 bits per heavy atom. The molecule has 2 heterocycles. The van der Waals surface area contributed by atoms with Gasteiger partial charge in [-0.15, -0.1) is 0 Å². The zero-order valence-electron chi connectivity index (χ0n) is 12.9. The van der Waals surface area contributed by atoms with Crippen LogP contribution in [0.15, 0.2) is 24.3 Å². The molecule has 110 valence electrons. The molecule has 1 fully saturated rings. The van der Waals surface area contributed by atoms with Gasteiger partial charge >= 0.3 is 0 Å². The Labute approximate surface area is 122 Å². The Kier molecular flexibility index (Phi) is 3.74. The highest BCUT2D eigenvalue weighted by atomic mass is 16.5. The summed E-state index contributed by atoms with van der Waals surface area (Å²) in [7, 11) is 0. The normalized spacial score (nSPS) is 28.2. The van der Waals surface area contributed by atoms with Crippen molar-refractivity contribution in [3.8, 4) is 5.75 Å². The van der Waals surface area contributed by atoms with Crippen molar-refractivity contribution in [2.45, 2.75) is 51.3 Å². The van der Waals surface area contributed by atoms with E-state index in [2.05, 4.69) is 55.3 Å². The van der Waals surface area contributed by atoms with Crippen LogP contribution < -0.4 is 10.1 Å². The molecule has 1 saturated heterocycles. The van der Waals surface area contributed by atoms with Gasteiger partial charge in [-0.1, -0.05) is 25.1 Å². The van der Waals surface area contributed by atoms with Crippen LogP contribution in [0, 0.1) is 0 Å². The lowest BCUT2D eigenvalue weighted by Gasteiger charge is -2.44. The van der Waals surface area contributed by atoms with Gasteiger partial charge in [0.2, 0.25) is 0 Å². The van der Waals surface area contributed by atoms with Crippen molar-refractivity contribution in [2.75, 3.05) is 19.6 Å². The average molecular weight is 274 g/mol. The van der Waals surface area contributed by atoms with Crippen LogP contribution in [-0.4, -0.2) is 36.2 Å². The molecule has 2 aliphatic rings. The maximum absolute atomic E-state index is 6.16. The first-order chi connectivity index (χ1) is 9.61. The molecule has 1 aromatic rings. The number of benzene rings is 1. The molecule has 0 aromatic heterocycles. The van der Waals surface area contributed by atoms with Crippen molar-refractivity contribution < 1.29 is 4.74 Å². The fraction of sp³-hybridized carbons (Fsp3) is 0.647. The monoisotopic (exact) mass is 274 g/mol. The van der Waals surface area contributed by atoms with Crippen molar-refractivity contribution in [1.29, 1.82) is 0 Å². The van der Waals surface area contributed by atoms with Gasteiger partial charge in [0.1, 0.15) is 11.4 Å². The number of para-hydroxylation sites is 1. The molecule has 0 bridgehead atoms. The summed E-state index contributed by atoms with van der Waals surface area (Å²) in [5.74, 6) is 1.07. The third-order valence-corrected chi connectivity index (χ3v) is 4.62. The summed E-state index contributed by atoms with van der Waals surface area (Å²) < 4.78 is 6.16. The van der Waals surface area contributed by atoms with E-state index in [1.807, 2.05) is 0 Å². The summed E-state index contributed by atoms with van der Waals surface area (Å²) in [5.41, 5.74) is 1.28. The summed E-state index contributed by atoms with van der Waals surface area (Å²) in [6.45, 7) is 10.1. The Balaban J connectivity index is 1.94. The number of likely N-dealkylation sites (N-methyl/N-ethyl adjacent to an activating group) is 1. The van der Waals surface area contributed by atoms with Gasteiger partial charge < -0.3 is 10.1 Å². The summed E-state index contributed by atoms with van der Waals surface area (Å²) in [6, 6.07) is 9.69. The lowest BCUT2D eigenvalue weighted by atomic mass is 9.87. The van der Waals surface area contributed by atoms with Gasteiger partial charge in [0.25, 0.3) is 0 Å². The van der Waals surface area contributed by atoms with E-state index in [1.54, 1.807) is 0 Å². The quantitative estimate of drug-likeness (QED) is 0.917. The maximum atomic E-state index is 6.16. The third kappa shape index (κ3) is 2.57. The zero-order chi connectivity index (χ0) is 14.2. The molecule has 3 rings (SSSR count). The number of hydrogen-bond acceptors (Lipinski definition) is 3. The highest BCUT2D eigenvalue weighted by molar-refractivity contribution is 5.38. The summed E-state index contributed by atoms with van der Waals surface area (Å²) in [4.78, 5) is 2.67. The standard InChI is InChI=1S/C17H26N2O/c1-4-19(13-9-10-18-12-13)15-11-17(2,3)20-16-8-6-5-7-14(15)16/h5-8,13,15,18H,4,9-12H2,1-3H3. The van der Waals surface area contributed by atoms with Crippen molar-refractivity contribution in [3.63, 3.8) is 0 Å². The lowest BCUT2D eigenvalue weighted by Crippen LogP contribution is -2.46. The van der Waals surface area contributed by atoms with Gasteiger partial charge in [-0.3, -0.25) is 4.90 Å². The number of nitrogens with one attached hydrogen (secondary N) is 1. The first-order valence-electron chi connectivity index (χ1n) is 7.85. The number of nitrogens with zero attached hydrogens (tertiary/aromatic N) is 1. The number of hydrogen-bond donors (Lipinski definition) is 1. The molecule has 0 spiro atoms. The van der Waals surface area contributed by atoms with Crippen molar-refractivity contribution in [1.82, 2.24) is 10.2 Å². The van der Waals surface area contributed by atoms with E-state index in [4.69, 9.17) is 4.74 Å². The van der Waals surface area contributed by atoms with Crippen LogP contribution in [0.25, 0.3) is 0 Å². The number of rotatable bonds is 3. The first-order valence-corrected chi connectivity index (χ1v) is 7.85. The van der Waals surface area contributed by atoms with E-state index >= 15 is 0 Å². The minimum absolute atomic E-state index is 0.0848. The smallest absolute Gasteiger partial charge is 0.124 e. The average Bonchev–Trinajstić information content (AvgIpc) is 2.92. The first kappa shape index (κ1) is 13.9. The second-order valence-corrected chi connectivity index (χ2v) is 6.60. The second-order valence-electron chi connectivity index (χ2n) is 6.60. The molecule has 20 heavy (non-hydrogen) atoms. The van der Waals surface area contributed by atoms with Gasteiger partial charge in [-0.25, -0.2) is 0 Å². The van der Waals surface area contributed by atoms with E-state index in [1.165, 1.54) is 12.0 Å². The molecule has 0 radical (unpaired) electrons. The fourth-order valence-corrected chi connectivity index (χ4v) is 3.72. The number of fused-ring (bicyclic) bond motifs is 1. The van der Waals surface area contributed by atoms with E-state index in [-0.39, 0.29) is 5.60 Å². The van der Waals surface area contributed by atoms with Gasteiger partial charge in [0.05, 0.1) is 0 Å². The fourth-order valence-electron chi connectivity index (χ4n) is 3.72. The van der Waals surface area contributed by atoms with E-state index < -0.39 is 0 Å². The molecule has 2 atom stereocenters. The molecular weight excluding hydrogens is 248 g/mol. The summed E-state index contributed by atoms with van der Waals surface area (Å²) >= 11 is 0. The molecule has 0 aliphatic carbocycles. The van der Waals surface area contributed by atoms with Crippen LogP contribution >= 0.6 is 0 Å². The SMILES string of the molecule is CCN(C1CCNC1)C1CC(C)(C)Oc2ccccc21. The molecule has 3 heteroatoms. The number of ether oxygens (including phenoxy) is 1. The molecule has 2 aliphatic heterocycles. The molecule has 0 amide bonds. The predicted octanol–water partition coefficient (Wildman–Crippen LogP) is 2.97. The summed E-state index contributed by atoms with van der Waals surface area (Å²) in [5, 5.41) is 3.50. The van der Waals surface area contributed by atoms with Crippen LogP contribution in [0.1, 0.15) is 45.2 Å². The van der Waals surface area contributed by atoms with Gasteiger partial charge in [-0.05, 0) is 39.4 Å². The Hall–Kier alpha value is -1.06. The van der Waals surface area contributed by atoms with Crippen LogP contribution in [-0.2, 0) is 0 Å². The van der Waals surface area contributed by atoms with Crippen LogP contribution in [0.2, 0.25) is 0 Å². The van der Waals surface area contributed by atoms with Gasteiger partial charge in [-0.2, -0.15) is 0 Å². The zero-order valence-corrected chi connectivity index (χ0v) is 12.9. The molecule has 1 aromatic carbocycles. The lowest BCUT2D eigenvalue weighted by molar-refractivity contribution is 0.0191. The van der Waals surface area contributed by atoms with Crippen LogP contribution in [0.5, 0.6) is 5.75 Å². The van der Waals surface area contributed by atoms with Crippen LogP contribution in [0.3, 0.4) is 0 Å². The maximum Gasteiger partial charge on any atom is 0.124 e. The van der Waals surface area contributed by atoms with Crippen molar-refractivity contribution >= 4 is 0 Å². The minimum atomic E-state index is -0.0848. The highest BCUT2D eigenvalue weighted by Crippen LogP contribution is 2.43. The summed E-state index contributed by atoms with van der Waals surface area (Å²) in [6.07, 6.45) is 2.32. The van der Waals surface area contributed by atoms with Crippen molar-refractivity contribution in [2.24, 2.45) is 0 Å². The van der Waals surface area contributed by atoms with E-state index in [0.29, 0.717) is 12.1 Å². The Bertz CT molecular complexity index is 466. The molecule has 2 unspecified atom stereocenters. The molecule has 1 N–H and O–H groups in total. The molecule has 0 saturated carbocycles. The topological polar surface area (TPSA) is 24.5 Å². The van der Waals surface area contributed by atoms with E-state index in [0.717, 1.165) is 31.8 Å². The molecular formula is C17H26N2O. The second kappa shape index (κ2) is 5.38. The predicted molar refractivity (Wildman–Crippen MR) is 82.2 cm³/mol. The van der Waals surface area contributed by atoms with E-state index in [9.17, 15) is 0 Å². The van der Waals surface area contributed by atoms with Gasteiger partial charge in [0.15, 0.2) is 0 Å². The minimum Gasteiger partial charge on any atom is -0.487 e. The van der Waals surface area contributed by atoms with Crippen LogP contribution in [0.4, 0.5) is 0 Å². The molecule has 3 nitrogen and oxygen atoms in total. The largest absolute Gasteiger partial charge is 0.487 e. The highest BCUT2D eigenvalue weighted by Gasteiger charge is 2.38. The third-order valence-electron chi connectivity index (χ3n) is 4.62.